The molecule has 0 unspecified atom stereocenters. The summed E-state index contributed by atoms with van der Waals surface area (Å²) in [5.41, 5.74) is -1.27. The average Bonchev–Trinajstić information content (AvgIpc) is 3.22. The largest absolute Gasteiger partial charge is 0.496 e. The summed E-state index contributed by atoms with van der Waals surface area (Å²) in [5.74, 6) is -3.28. The van der Waals surface area contributed by atoms with Crippen LogP contribution in [-0.2, 0) is 14.8 Å². The van der Waals surface area contributed by atoms with Crippen LogP contribution in [0.5, 0.6) is 5.75 Å². The number of ether oxygens (including phenoxy) is 2. The van der Waals surface area contributed by atoms with Gasteiger partial charge in [-0.15, -0.1) is 0 Å². The molecule has 158 valence electrons. The number of amides is 1. The molecule has 30 heavy (non-hydrogen) atoms. The Morgan fingerprint density at radius 3 is 2.53 bits per heavy atom. The third kappa shape index (κ3) is 4.56. The Labute approximate surface area is 171 Å². The molecular formula is C19H17F2N3O5S. The lowest BCUT2D eigenvalue weighted by atomic mass is 10.1. The van der Waals surface area contributed by atoms with E-state index in [1.54, 1.807) is 6.07 Å². The highest BCUT2D eigenvalue weighted by atomic mass is 32.2. The van der Waals surface area contributed by atoms with E-state index in [4.69, 9.17) is 14.7 Å². The molecule has 2 aromatic carbocycles. The highest BCUT2D eigenvalue weighted by molar-refractivity contribution is 7.89. The fourth-order valence-electron chi connectivity index (χ4n) is 2.88. The zero-order valence-electron chi connectivity index (χ0n) is 15.7. The van der Waals surface area contributed by atoms with E-state index in [0.717, 1.165) is 18.2 Å². The van der Waals surface area contributed by atoms with Gasteiger partial charge in [-0.3, -0.25) is 4.79 Å². The molecule has 1 amide bonds. The van der Waals surface area contributed by atoms with Crippen LogP contribution in [0.3, 0.4) is 0 Å². The molecule has 1 saturated heterocycles. The maximum atomic E-state index is 14.1. The summed E-state index contributed by atoms with van der Waals surface area (Å²) in [6.45, 7) is 0.672. The predicted octanol–water partition coefficient (Wildman–Crippen LogP) is 2.16. The third-order valence-electron chi connectivity index (χ3n) is 4.39. The van der Waals surface area contributed by atoms with Gasteiger partial charge in [-0.1, -0.05) is 0 Å². The number of carbonyl (C=O) groups excluding carboxylic acids is 1. The molecule has 1 aliphatic heterocycles. The molecule has 1 atom stereocenters. The Balaban J connectivity index is 1.92. The summed E-state index contributed by atoms with van der Waals surface area (Å²) in [4.78, 5) is 12.4. The highest BCUT2D eigenvalue weighted by Crippen LogP contribution is 2.26. The number of anilines is 1. The maximum absolute atomic E-state index is 14.1. The second kappa shape index (κ2) is 8.74. The Hall–Kier alpha value is -3.07. The van der Waals surface area contributed by atoms with E-state index >= 15 is 0 Å². The van der Waals surface area contributed by atoms with Crippen LogP contribution >= 0.6 is 0 Å². The van der Waals surface area contributed by atoms with Gasteiger partial charge in [-0.05, 0) is 36.8 Å². The van der Waals surface area contributed by atoms with Crippen molar-refractivity contribution in [2.24, 2.45) is 0 Å². The number of nitriles is 1. The van der Waals surface area contributed by atoms with Crippen molar-refractivity contribution in [1.29, 1.82) is 5.26 Å². The van der Waals surface area contributed by atoms with Crippen LogP contribution in [-0.4, -0.2) is 40.7 Å². The van der Waals surface area contributed by atoms with Gasteiger partial charge < -0.3 is 14.8 Å². The number of nitrogens with one attached hydrogen (secondary N) is 2. The van der Waals surface area contributed by atoms with Gasteiger partial charge in [-0.25, -0.2) is 21.9 Å². The molecule has 0 spiro atoms. The molecular weight excluding hydrogens is 420 g/mol. The standard InChI is InChI=1S/C19H17F2N3O5S/c1-28-17-3-2-13(30(26,27)24-12-4-5-29-10-12)8-14(17)19(25)23-18-15(20)6-11(9-22)7-16(18)21/h2-3,6-8,12,24H,4-5,10H2,1H3,(H,23,25)/t12-/m0/s1. The number of sulfonamides is 1. The van der Waals surface area contributed by atoms with Gasteiger partial charge in [0.1, 0.15) is 11.4 Å². The molecule has 1 aliphatic rings. The van der Waals surface area contributed by atoms with E-state index in [0.29, 0.717) is 13.0 Å². The van der Waals surface area contributed by atoms with Gasteiger partial charge in [-0.2, -0.15) is 5.26 Å². The van der Waals surface area contributed by atoms with Crippen molar-refractivity contribution in [3.8, 4) is 11.8 Å². The minimum atomic E-state index is -3.97. The van der Waals surface area contributed by atoms with E-state index in [-0.39, 0.29) is 28.4 Å². The van der Waals surface area contributed by atoms with Crippen LogP contribution in [0.25, 0.3) is 0 Å². The fourth-order valence-corrected chi connectivity index (χ4v) is 4.17. The number of carbonyl (C=O) groups is 1. The van der Waals surface area contributed by atoms with Crippen molar-refractivity contribution in [2.75, 3.05) is 25.6 Å². The first-order chi connectivity index (χ1) is 14.2. The quantitative estimate of drug-likeness (QED) is 0.715. The van der Waals surface area contributed by atoms with Crippen LogP contribution in [0.2, 0.25) is 0 Å². The van der Waals surface area contributed by atoms with Gasteiger partial charge >= 0.3 is 0 Å². The van der Waals surface area contributed by atoms with Gasteiger partial charge in [0.2, 0.25) is 10.0 Å². The van der Waals surface area contributed by atoms with Crippen molar-refractivity contribution in [2.45, 2.75) is 17.4 Å². The second-order valence-corrected chi connectivity index (χ2v) is 8.14. The number of methoxy groups -OCH3 is 1. The molecule has 2 N–H and O–H groups in total. The van der Waals surface area contributed by atoms with Crippen LogP contribution < -0.4 is 14.8 Å². The van der Waals surface area contributed by atoms with E-state index < -0.39 is 39.3 Å². The van der Waals surface area contributed by atoms with Gasteiger partial charge in [0.15, 0.2) is 11.6 Å². The highest BCUT2D eigenvalue weighted by Gasteiger charge is 2.26. The molecule has 0 saturated carbocycles. The van der Waals surface area contributed by atoms with Gasteiger partial charge in [0.25, 0.3) is 5.91 Å². The molecule has 11 heteroatoms. The zero-order valence-corrected chi connectivity index (χ0v) is 16.6. The van der Waals surface area contributed by atoms with E-state index in [2.05, 4.69) is 10.0 Å². The molecule has 1 fully saturated rings. The average molecular weight is 437 g/mol. The molecule has 3 rings (SSSR count). The minimum absolute atomic E-state index is 0.00473. The van der Waals surface area contributed by atoms with Crippen molar-refractivity contribution in [3.63, 3.8) is 0 Å². The number of hydrogen-bond acceptors (Lipinski definition) is 6. The van der Waals surface area contributed by atoms with Crippen molar-refractivity contribution in [3.05, 3.63) is 53.1 Å². The lowest BCUT2D eigenvalue weighted by Gasteiger charge is -2.14. The van der Waals surface area contributed by atoms with Crippen LogP contribution in [0.1, 0.15) is 22.3 Å². The summed E-state index contributed by atoms with van der Waals surface area (Å²) in [5, 5.41) is 10.8. The maximum Gasteiger partial charge on any atom is 0.259 e. The first kappa shape index (κ1) is 21.6. The molecule has 0 bridgehead atoms. The van der Waals surface area contributed by atoms with Crippen LogP contribution in [0, 0.1) is 23.0 Å². The fraction of sp³-hybridized carbons (Fsp3) is 0.263. The first-order valence-corrected chi connectivity index (χ1v) is 10.2. The zero-order chi connectivity index (χ0) is 21.9. The smallest absolute Gasteiger partial charge is 0.259 e. The summed E-state index contributed by atoms with van der Waals surface area (Å²) in [7, 11) is -2.71. The number of rotatable bonds is 6. The summed E-state index contributed by atoms with van der Waals surface area (Å²) in [6.07, 6.45) is 0.514. The predicted molar refractivity (Wildman–Crippen MR) is 102 cm³/mol. The van der Waals surface area contributed by atoms with Crippen molar-refractivity contribution in [1.82, 2.24) is 4.72 Å². The van der Waals surface area contributed by atoms with Gasteiger partial charge in [0.05, 0.1) is 35.8 Å². The van der Waals surface area contributed by atoms with Crippen LogP contribution in [0.15, 0.2) is 35.2 Å². The van der Waals surface area contributed by atoms with Gasteiger partial charge in [0, 0.05) is 12.6 Å². The van der Waals surface area contributed by atoms with E-state index in [1.165, 1.54) is 19.2 Å². The van der Waals surface area contributed by atoms with Crippen LogP contribution in [0.4, 0.5) is 14.5 Å². The lowest BCUT2D eigenvalue weighted by molar-refractivity contribution is 0.102. The second-order valence-electron chi connectivity index (χ2n) is 6.42. The number of benzene rings is 2. The SMILES string of the molecule is COc1ccc(S(=O)(=O)N[C@H]2CCOC2)cc1C(=O)Nc1c(F)cc(C#N)cc1F. The Bertz CT molecular complexity index is 1100. The topological polar surface area (TPSA) is 118 Å². The lowest BCUT2D eigenvalue weighted by Crippen LogP contribution is -2.35. The third-order valence-corrected chi connectivity index (χ3v) is 5.91. The van der Waals surface area contributed by atoms with Crippen molar-refractivity contribution >= 4 is 21.6 Å². The molecule has 0 aliphatic carbocycles. The molecule has 8 nitrogen and oxygen atoms in total. The number of hydrogen-bond donors (Lipinski definition) is 2. The Kier molecular flexibility index (Phi) is 6.31. The Morgan fingerprint density at radius 1 is 1.27 bits per heavy atom. The van der Waals surface area contributed by atoms with Crippen molar-refractivity contribution < 1.29 is 31.5 Å². The monoisotopic (exact) mass is 437 g/mol. The molecule has 0 aromatic heterocycles. The number of nitrogens with zero attached hydrogens (tertiary/aromatic N) is 1. The summed E-state index contributed by atoms with van der Waals surface area (Å²) >= 11 is 0. The normalized spacial score (nSPS) is 16.1. The first-order valence-electron chi connectivity index (χ1n) is 8.73. The minimum Gasteiger partial charge on any atom is -0.496 e. The molecule has 1 heterocycles. The summed E-state index contributed by atoms with van der Waals surface area (Å²) < 4.78 is 66.1. The van der Waals surface area contributed by atoms with E-state index in [1.807, 2.05) is 0 Å². The molecule has 0 radical (unpaired) electrons. The van der Waals surface area contributed by atoms with E-state index in [9.17, 15) is 22.0 Å². The Morgan fingerprint density at radius 2 is 1.97 bits per heavy atom. The summed E-state index contributed by atoms with van der Waals surface area (Å²) in [6, 6.07) is 6.30. The number of halogens is 2. The molecule has 2 aromatic rings.